The molecule has 2 N–H and O–H groups in total. The zero-order valence-corrected chi connectivity index (χ0v) is 18.2. The molecule has 1 aromatic heterocycles. The first-order valence-electron chi connectivity index (χ1n) is 9.71. The second kappa shape index (κ2) is 9.95. The summed E-state index contributed by atoms with van der Waals surface area (Å²) in [5.74, 6) is -0.898. The summed E-state index contributed by atoms with van der Waals surface area (Å²) in [5, 5.41) is 6.85. The monoisotopic (exact) mass is 438 g/mol. The summed E-state index contributed by atoms with van der Waals surface area (Å²) < 4.78 is 7.56. The molecule has 0 aliphatic heterocycles. The van der Waals surface area contributed by atoms with Crippen molar-refractivity contribution in [2.45, 2.75) is 20.8 Å². The number of nitrogens with zero attached hydrogens (tertiary/aromatic N) is 2. The molecule has 0 aliphatic carbocycles. The van der Waals surface area contributed by atoms with Crippen molar-refractivity contribution in [3.05, 3.63) is 76.6 Å². The predicted octanol–water partition coefficient (Wildman–Crippen LogP) is 4.24. The van der Waals surface area contributed by atoms with E-state index in [-0.39, 0.29) is 0 Å². The molecule has 8 heteroatoms. The molecule has 160 valence electrons. The molecular weight excluding hydrogens is 416 g/mol. The first-order chi connectivity index (χ1) is 14.9. The van der Waals surface area contributed by atoms with Gasteiger partial charge in [-0.2, -0.15) is 5.10 Å². The van der Waals surface area contributed by atoms with Gasteiger partial charge >= 0.3 is 11.8 Å². The summed E-state index contributed by atoms with van der Waals surface area (Å²) in [6.45, 7) is 6.50. The summed E-state index contributed by atoms with van der Waals surface area (Å²) in [6.07, 6.45) is 1.51. The van der Waals surface area contributed by atoms with E-state index in [1.54, 1.807) is 24.3 Å². The van der Waals surface area contributed by atoms with Crippen molar-refractivity contribution in [1.29, 1.82) is 0 Å². The number of carbonyl (C=O) groups is 2. The third-order valence-electron chi connectivity index (χ3n) is 4.53. The highest BCUT2D eigenvalue weighted by molar-refractivity contribution is 6.39. The largest absolute Gasteiger partial charge is 0.494 e. The van der Waals surface area contributed by atoms with E-state index in [1.165, 1.54) is 6.21 Å². The Morgan fingerprint density at radius 2 is 1.84 bits per heavy atom. The molecule has 2 aromatic carbocycles. The fourth-order valence-corrected chi connectivity index (χ4v) is 3.33. The quantitative estimate of drug-likeness (QED) is 0.343. The van der Waals surface area contributed by atoms with Gasteiger partial charge in [0.25, 0.3) is 0 Å². The molecule has 3 aromatic rings. The van der Waals surface area contributed by atoms with E-state index in [4.69, 9.17) is 16.3 Å². The normalized spacial score (nSPS) is 10.8. The van der Waals surface area contributed by atoms with Gasteiger partial charge < -0.3 is 14.6 Å². The third kappa shape index (κ3) is 5.52. The fraction of sp³-hybridized carbons (Fsp3) is 0.174. The van der Waals surface area contributed by atoms with E-state index < -0.39 is 11.8 Å². The second-order valence-corrected chi connectivity index (χ2v) is 7.19. The average Bonchev–Trinajstić information content (AvgIpc) is 3.02. The van der Waals surface area contributed by atoms with E-state index >= 15 is 0 Å². The van der Waals surface area contributed by atoms with Crippen LogP contribution in [0.2, 0.25) is 5.02 Å². The SMILES string of the molecule is CCOc1ccc(-n2c(C)cc(/C=N\NC(=O)C(=O)Nc3cccc(Cl)c3)c2C)cc1. The number of hydrogen-bond acceptors (Lipinski definition) is 4. The van der Waals surface area contributed by atoms with Crippen molar-refractivity contribution in [1.82, 2.24) is 9.99 Å². The van der Waals surface area contributed by atoms with Crippen LogP contribution in [-0.4, -0.2) is 29.2 Å². The van der Waals surface area contributed by atoms with Gasteiger partial charge in [0.05, 0.1) is 12.8 Å². The maximum atomic E-state index is 12.0. The van der Waals surface area contributed by atoms with Crippen molar-refractivity contribution >= 4 is 35.3 Å². The number of carbonyl (C=O) groups excluding carboxylic acids is 2. The number of anilines is 1. The Balaban J connectivity index is 1.66. The lowest BCUT2D eigenvalue weighted by Crippen LogP contribution is -2.32. The van der Waals surface area contributed by atoms with Crippen LogP contribution in [0.3, 0.4) is 0 Å². The van der Waals surface area contributed by atoms with E-state index in [2.05, 4.69) is 20.4 Å². The van der Waals surface area contributed by atoms with Crippen LogP contribution in [0.4, 0.5) is 5.69 Å². The summed E-state index contributed by atoms with van der Waals surface area (Å²) in [6, 6.07) is 16.3. The highest BCUT2D eigenvalue weighted by Crippen LogP contribution is 2.22. The van der Waals surface area contributed by atoms with Crippen LogP contribution in [0.1, 0.15) is 23.9 Å². The summed E-state index contributed by atoms with van der Waals surface area (Å²) in [5.41, 5.74) is 6.43. The van der Waals surface area contributed by atoms with Gasteiger partial charge in [0.15, 0.2) is 0 Å². The Labute approximate surface area is 185 Å². The molecule has 31 heavy (non-hydrogen) atoms. The zero-order chi connectivity index (χ0) is 22.4. The van der Waals surface area contributed by atoms with E-state index in [1.807, 2.05) is 51.1 Å². The van der Waals surface area contributed by atoms with Crippen LogP contribution in [0, 0.1) is 13.8 Å². The molecule has 0 fully saturated rings. The van der Waals surface area contributed by atoms with Crippen molar-refractivity contribution in [2.75, 3.05) is 11.9 Å². The Bertz CT molecular complexity index is 1120. The van der Waals surface area contributed by atoms with Crippen LogP contribution in [0.25, 0.3) is 5.69 Å². The van der Waals surface area contributed by atoms with E-state index in [0.29, 0.717) is 17.3 Å². The number of aromatic nitrogens is 1. The Hall–Kier alpha value is -3.58. The number of hydrazone groups is 1. The number of hydrogen-bond donors (Lipinski definition) is 2. The Morgan fingerprint density at radius 3 is 2.52 bits per heavy atom. The maximum Gasteiger partial charge on any atom is 0.329 e. The minimum Gasteiger partial charge on any atom is -0.494 e. The minimum absolute atomic E-state index is 0.426. The van der Waals surface area contributed by atoms with Gasteiger partial charge in [-0.05, 0) is 69.3 Å². The minimum atomic E-state index is -0.878. The number of nitrogens with one attached hydrogen (secondary N) is 2. The molecule has 1 heterocycles. The van der Waals surface area contributed by atoms with Crippen LogP contribution in [0.15, 0.2) is 59.7 Å². The predicted molar refractivity (Wildman–Crippen MR) is 122 cm³/mol. The molecular formula is C23H23ClN4O3. The molecule has 3 rings (SSSR count). The van der Waals surface area contributed by atoms with Crippen molar-refractivity contribution in [3.63, 3.8) is 0 Å². The number of halogens is 1. The zero-order valence-electron chi connectivity index (χ0n) is 17.5. The molecule has 0 aliphatic rings. The number of aryl methyl sites for hydroxylation is 1. The second-order valence-electron chi connectivity index (χ2n) is 6.75. The van der Waals surface area contributed by atoms with Crippen LogP contribution in [-0.2, 0) is 9.59 Å². The highest BCUT2D eigenvalue weighted by atomic mass is 35.5. The maximum absolute atomic E-state index is 12.0. The van der Waals surface area contributed by atoms with E-state index in [0.717, 1.165) is 28.4 Å². The van der Waals surface area contributed by atoms with Crippen molar-refractivity contribution in [3.8, 4) is 11.4 Å². The molecule has 0 spiro atoms. The van der Waals surface area contributed by atoms with Crippen LogP contribution in [0.5, 0.6) is 5.75 Å². The number of amides is 2. The third-order valence-corrected chi connectivity index (χ3v) is 4.77. The Morgan fingerprint density at radius 1 is 1.10 bits per heavy atom. The number of ether oxygens (including phenoxy) is 1. The van der Waals surface area contributed by atoms with Crippen molar-refractivity contribution < 1.29 is 14.3 Å². The molecule has 0 unspecified atom stereocenters. The van der Waals surface area contributed by atoms with Crippen molar-refractivity contribution in [2.24, 2.45) is 5.10 Å². The highest BCUT2D eigenvalue weighted by Gasteiger charge is 2.14. The molecule has 0 saturated heterocycles. The fourth-order valence-electron chi connectivity index (χ4n) is 3.14. The first-order valence-corrected chi connectivity index (χ1v) is 10.1. The topological polar surface area (TPSA) is 84.7 Å². The standard InChI is InChI=1S/C23H23ClN4O3/c1-4-31-21-10-8-20(9-11-21)28-15(2)12-17(16(28)3)14-25-27-23(30)22(29)26-19-7-5-6-18(24)13-19/h5-14H,4H2,1-3H3,(H,26,29)(H,27,30)/b25-14-. The molecule has 0 saturated carbocycles. The molecule has 0 bridgehead atoms. The lowest BCUT2D eigenvalue weighted by molar-refractivity contribution is -0.136. The summed E-state index contributed by atoms with van der Waals surface area (Å²) >= 11 is 5.87. The van der Waals surface area contributed by atoms with Gasteiger partial charge in [0, 0.05) is 33.3 Å². The van der Waals surface area contributed by atoms with Gasteiger partial charge in [-0.25, -0.2) is 5.43 Å². The van der Waals surface area contributed by atoms with Gasteiger partial charge in [-0.1, -0.05) is 17.7 Å². The summed E-state index contributed by atoms with van der Waals surface area (Å²) in [4.78, 5) is 24.0. The number of benzene rings is 2. The van der Waals surface area contributed by atoms with Gasteiger partial charge in [0.1, 0.15) is 5.75 Å². The first kappa shape index (κ1) is 22.1. The average molecular weight is 439 g/mol. The van der Waals surface area contributed by atoms with Gasteiger partial charge in [-0.3, -0.25) is 9.59 Å². The lowest BCUT2D eigenvalue weighted by atomic mass is 10.2. The van der Waals surface area contributed by atoms with Crippen LogP contribution < -0.4 is 15.5 Å². The molecule has 0 atom stereocenters. The molecule has 0 radical (unpaired) electrons. The van der Waals surface area contributed by atoms with Gasteiger partial charge in [0.2, 0.25) is 0 Å². The number of rotatable bonds is 6. The van der Waals surface area contributed by atoms with Gasteiger partial charge in [-0.15, -0.1) is 0 Å². The Kier molecular flexibility index (Phi) is 7.10. The summed E-state index contributed by atoms with van der Waals surface area (Å²) in [7, 11) is 0. The molecule has 2 amide bonds. The van der Waals surface area contributed by atoms with Crippen LogP contribution >= 0.6 is 11.6 Å². The molecule has 7 nitrogen and oxygen atoms in total. The van der Waals surface area contributed by atoms with E-state index in [9.17, 15) is 9.59 Å². The lowest BCUT2D eigenvalue weighted by Gasteiger charge is -2.10. The smallest absolute Gasteiger partial charge is 0.329 e.